The minimum atomic E-state index is -2.71. The van der Waals surface area contributed by atoms with E-state index in [0.29, 0.717) is 12.0 Å². The zero-order valence-electron chi connectivity index (χ0n) is 16.8. The summed E-state index contributed by atoms with van der Waals surface area (Å²) < 4.78 is 36.7. The Labute approximate surface area is 186 Å². The van der Waals surface area contributed by atoms with Crippen LogP contribution in [0.5, 0.6) is 0 Å². The fourth-order valence-corrected chi connectivity index (χ4v) is 5.00. The number of nitrogens with one attached hydrogen (secondary N) is 1. The second kappa shape index (κ2) is 7.65. The Kier molecular flexibility index (Phi) is 4.91. The van der Waals surface area contributed by atoms with Gasteiger partial charge >= 0.3 is 0 Å². The number of para-hydroxylation sites is 1. The van der Waals surface area contributed by atoms with Crippen molar-refractivity contribution in [3.8, 4) is 0 Å². The van der Waals surface area contributed by atoms with Crippen molar-refractivity contribution in [2.45, 2.75) is 24.3 Å². The van der Waals surface area contributed by atoms with Crippen molar-refractivity contribution in [3.05, 3.63) is 101 Å². The lowest BCUT2D eigenvalue weighted by Gasteiger charge is -2.19. The van der Waals surface area contributed by atoms with Crippen LogP contribution < -0.4 is 9.62 Å². The second-order valence-electron chi connectivity index (χ2n) is 8.05. The molecule has 5 rings (SSSR count). The third-order valence-corrected chi connectivity index (χ3v) is 6.59. The average molecular weight is 449 g/mol. The number of nitrogens with zero attached hydrogens (tertiary/aromatic N) is 1. The van der Waals surface area contributed by atoms with Crippen LogP contribution in [0.2, 0.25) is 0 Å². The van der Waals surface area contributed by atoms with Gasteiger partial charge in [-0.3, -0.25) is 18.5 Å². The molecule has 0 aromatic heterocycles. The molecule has 0 bridgehead atoms. The summed E-state index contributed by atoms with van der Waals surface area (Å²) in [6.45, 7) is 0.245. The monoisotopic (exact) mass is 449 g/mol. The van der Waals surface area contributed by atoms with Gasteiger partial charge in [0.25, 0.3) is 5.91 Å². The van der Waals surface area contributed by atoms with E-state index >= 15 is 0 Å². The van der Waals surface area contributed by atoms with Gasteiger partial charge in [0, 0.05) is 28.4 Å². The summed E-state index contributed by atoms with van der Waals surface area (Å²) in [6, 6.07) is 20.5. The molecule has 0 saturated heterocycles. The van der Waals surface area contributed by atoms with E-state index < -0.39 is 22.6 Å². The number of rotatable bonds is 5. The van der Waals surface area contributed by atoms with Crippen LogP contribution in [-0.4, -0.2) is 20.6 Å². The molecule has 3 aromatic carbocycles. The lowest BCUT2D eigenvalue weighted by atomic mass is 9.92. The van der Waals surface area contributed by atoms with Gasteiger partial charge in [-0.1, -0.05) is 42.5 Å². The fraction of sp³-hybridized carbons (Fsp3) is 0.167. The van der Waals surface area contributed by atoms with E-state index in [2.05, 4.69) is 0 Å². The maximum atomic E-state index is 13.7. The highest BCUT2D eigenvalue weighted by molar-refractivity contribution is 7.77. The Morgan fingerprint density at radius 2 is 1.88 bits per heavy atom. The van der Waals surface area contributed by atoms with Crippen LogP contribution in [0.15, 0.2) is 72.8 Å². The van der Waals surface area contributed by atoms with Gasteiger partial charge in [0.2, 0.25) is 5.91 Å². The van der Waals surface area contributed by atoms with Gasteiger partial charge in [-0.15, -0.1) is 0 Å². The molecule has 1 aliphatic heterocycles. The number of hydrogen-bond donors (Lipinski definition) is 1. The number of carbonyl (C=O) groups excluding carboxylic acids is 2. The van der Waals surface area contributed by atoms with Gasteiger partial charge in [-0.2, -0.15) is 0 Å². The number of halogens is 1. The van der Waals surface area contributed by atoms with Crippen LogP contribution in [0.25, 0.3) is 0 Å². The quantitative estimate of drug-likeness (QED) is 0.605. The molecular formula is C24H18FN2O4S-. The summed E-state index contributed by atoms with van der Waals surface area (Å²) >= 11 is -2.71. The van der Waals surface area contributed by atoms with Crippen LogP contribution in [0.4, 0.5) is 10.1 Å². The van der Waals surface area contributed by atoms with Crippen molar-refractivity contribution in [2.75, 3.05) is 4.90 Å². The number of benzene rings is 3. The molecule has 1 N–H and O–H groups in total. The zero-order chi connectivity index (χ0) is 22.5. The highest BCUT2D eigenvalue weighted by Crippen LogP contribution is 2.66. The molecule has 3 atom stereocenters. The topological polar surface area (TPSA) is 89.5 Å². The van der Waals surface area contributed by atoms with Crippen molar-refractivity contribution in [3.63, 3.8) is 0 Å². The molecule has 8 heteroatoms. The predicted molar refractivity (Wildman–Crippen MR) is 116 cm³/mol. The van der Waals surface area contributed by atoms with Gasteiger partial charge in [0.15, 0.2) is 0 Å². The number of hydrogen-bond acceptors (Lipinski definition) is 4. The molecule has 2 amide bonds. The summed E-state index contributed by atoms with van der Waals surface area (Å²) in [6.07, 6.45) is 0.655. The minimum absolute atomic E-state index is 0.0223. The number of anilines is 1. The van der Waals surface area contributed by atoms with E-state index in [-0.39, 0.29) is 29.8 Å². The molecule has 32 heavy (non-hydrogen) atoms. The van der Waals surface area contributed by atoms with Crippen molar-refractivity contribution in [1.82, 2.24) is 4.72 Å². The molecular weight excluding hydrogens is 431 g/mol. The van der Waals surface area contributed by atoms with Gasteiger partial charge in [-0.05, 0) is 53.4 Å². The van der Waals surface area contributed by atoms with E-state index in [9.17, 15) is 22.7 Å². The molecule has 1 spiro atoms. The molecule has 3 aromatic rings. The Morgan fingerprint density at radius 3 is 2.62 bits per heavy atom. The number of fused-ring (bicyclic) bond motifs is 2. The van der Waals surface area contributed by atoms with Crippen molar-refractivity contribution in [2.24, 2.45) is 0 Å². The van der Waals surface area contributed by atoms with E-state index in [1.165, 1.54) is 18.2 Å². The van der Waals surface area contributed by atoms with E-state index in [1.807, 2.05) is 29.0 Å². The molecule has 2 aliphatic rings. The highest BCUT2D eigenvalue weighted by Gasteiger charge is 2.67. The molecule has 1 heterocycles. The standard InChI is InChI=1S/C24H19FN2O4S/c25-18-10-8-16(9-11-18)20-13-24(20)19-6-1-2-7-21(19)27(23(24)29)14-15-4-3-5-17(12-15)22(28)26-32(30)31/h1-12,20H,13-14H2,(H,26,28)(H,30,31)/p-1/t20-,24-/m0/s1. The van der Waals surface area contributed by atoms with Gasteiger partial charge < -0.3 is 9.45 Å². The maximum Gasteiger partial charge on any atom is 0.262 e. The largest absolute Gasteiger partial charge is 0.755 e. The summed E-state index contributed by atoms with van der Waals surface area (Å²) in [5.41, 5.74) is 2.93. The van der Waals surface area contributed by atoms with Crippen LogP contribution in [0.1, 0.15) is 39.4 Å². The van der Waals surface area contributed by atoms with Crippen LogP contribution >= 0.6 is 0 Å². The van der Waals surface area contributed by atoms with Gasteiger partial charge in [-0.25, -0.2) is 4.39 Å². The Balaban J connectivity index is 1.46. The van der Waals surface area contributed by atoms with Gasteiger partial charge in [0.05, 0.1) is 12.0 Å². The summed E-state index contributed by atoms with van der Waals surface area (Å²) in [4.78, 5) is 27.4. The van der Waals surface area contributed by atoms with Crippen LogP contribution in [0.3, 0.4) is 0 Å². The van der Waals surface area contributed by atoms with E-state index in [0.717, 1.165) is 16.8 Å². The average Bonchev–Trinajstić information content (AvgIpc) is 3.49. The van der Waals surface area contributed by atoms with E-state index in [4.69, 9.17) is 0 Å². The first-order valence-corrected chi connectivity index (χ1v) is 11.1. The van der Waals surface area contributed by atoms with Crippen molar-refractivity contribution in [1.29, 1.82) is 0 Å². The summed E-state index contributed by atoms with van der Waals surface area (Å²) in [5.74, 6) is -1.09. The summed E-state index contributed by atoms with van der Waals surface area (Å²) in [7, 11) is 0. The third-order valence-electron chi connectivity index (χ3n) is 6.24. The molecule has 1 saturated carbocycles. The minimum Gasteiger partial charge on any atom is -0.755 e. The molecule has 0 radical (unpaired) electrons. The van der Waals surface area contributed by atoms with Crippen molar-refractivity contribution < 1.29 is 22.7 Å². The SMILES string of the molecule is O=C(NS(=O)[O-])c1cccc(CN2C(=O)[C@@]3(C[C@H]3c3ccc(F)cc3)c3ccccc32)c1. The first-order valence-electron chi connectivity index (χ1n) is 10.1. The summed E-state index contributed by atoms with van der Waals surface area (Å²) in [5, 5.41) is 0. The molecule has 1 aliphatic carbocycles. The number of amides is 2. The first-order chi connectivity index (χ1) is 15.4. The predicted octanol–water partition coefficient (Wildman–Crippen LogP) is 3.32. The third kappa shape index (κ3) is 3.32. The lowest BCUT2D eigenvalue weighted by molar-refractivity contribution is -0.120. The fourth-order valence-electron chi connectivity index (χ4n) is 4.73. The Morgan fingerprint density at radius 1 is 1.12 bits per heavy atom. The van der Waals surface area contributed by atoms with Crippen molar-refractivity contribution >= 4 is 28.8 Å². The Bertz CT molecular complexity index is 1260. The lowest BCUT2D eigenvalue weighted by Crippen LogP contribution is -2.32. The molecule has 1 unspecified atom stereocenters. The van der Waals surface area contributed by atoms with Gasteiger partial charge in [0.1, 0.15) is 5.82 Å². The van der Waals surface area contributed by atoms with Crippen LogP contribution in [-0.2, 0) is 28.0 Å². The normalized spacial score (nSPS) is 22.0. The number of carbonyl (C=O) groups is 2. The van der Waals surface area contributed by atoms with E-state index in [1.54, 1.807) is 35.2 Å². The second-order valence-corrected chi connectivity index (χ2v) is 8.73. The molecule has 162 valence electrons. The Hall–Kier alpha value is -3.36. The maximum absolute atomic E-state index is 13.7. The van der Waals surface area contributed by atoms with Crippen LogP contribution in [0, 0.1) is 5.82 Å². The molecule has 1 fully saturated rings. The highest BCUT2D eigenvalue weighted by atomic mass is 32.2. The smallest absolute Gasteiger partial charge is 0.262 e. The zero-order valence-corrected chi connectivity index (χ0v) is 17.6. The first kappa shape index (κ1) is 20.5. The molecule has 6 nitrogen and oxygen atoms in total.